The van der Waals surface area contributed by atoms with E-state index in [-0.39, 0.29) is 17.8 Å². The number of carbonyl (C=O) groups excluding carboxylic acids is 1. The normalized spacial score (nSPS) is 31.2. The number of carbonyl (C=O) groups is 1. The van der Waals surface area contributed by atoms with Crippen LogP contribution in [-0.4, -0.2) is 57.6 Å². The molecule has 0 spiro atoms. The van der Waals surface area contributed by atoms with Crippen LogP contribution in [-0.2, 0) is 23.4 Å². The number of aliphatic hydroxyl groups is 1. The van der Waals surface area contributed by atoms with Crippen LogP contribution in [0.25, 0.3) is 0 Å². The molecular weight excluding hydrogens is 375 g/mol. The van der Waals surface area contributed by atoms with Crippen molar-refractivity contribution in [2.24, 2.45) is 0 Å². The van der Waals surface area contributed by atoms with E-state index in [4.69, 9.17) is 14.0 Å². The van der Waals surface area contributed by atoms with Crippen molar-refractivity contribution in [1.29, 1.82) is 0 Å². The Balaban J connectivity index is 2.22. The lowest BCUT2D eigenvalue weighted by molar-refractivity contribution is -0.118. The second-order valence-electron chi connectivity index (χ2n) is 6.85. The minimum atomic E-state index is -3.95. The van der Waals surface area contributed by atoms with E-state index in [0.717, 1.165) is 5.82 Å². The average molecular weight is 402 g/mol. The van der Waals surface area contributed by atoms with E-state index in [2.05, 4.69) is 11.9 Å². The van der Waals surface area contributed by atoms with Gasteiger partial charge in [-0.05, 0) is 33.8 Å². The number of amides is 1. The molecule has 2 aliphatic heterocycles. The maximum Gasteiger partial charge on any atom is 0.351 e. The van der Waals surface area contributed by atoms with Crippen molar-refractivity contribution in [3.8, 4) is 0 Å². The van der Waals surface area contributed by atoms with Crippen LogP contribution in [0.5, 0.6) is 0 Å². The van der Waals surface area contributed by atoms with Crippen LogP contribution in [0.2, 0.25) is 0 Å². The van der Waals surface area contributed by atoms with Crippen LogP contribution in [0.1, 0.15) is 27.7 Å². The van der Waals surface area contributed by atoms with Crippen molar-refractivity contribution in [3.05, 3.63) is 36.6 Å². The zero-order valence-electron chi connectivity index (χ0n) is 15.8. The topological polar surface area (TPSA) is 118 Å². The van der Waals surface area contributed by atoms with E-state index in [0.29, 0.717) is 0 Å². The van der Waals surface area contributed by atoms with E-state index in [1.165, 1.54) is 23.3 Å². The van der Waals surface area contributed by atoms with Gasteiger partial charge in [0.1, 0.15) is 24.1 Å². The molecule has 0 bridgehead atoms. The first-order valence-electron chi connectivity index (χ1n) is 8.66. The van der Waals surface area contributed by atoms with Crippen LogP contribution >= 0.6 is 7.60 Å². The number of hydrogen-bond acceptors (Lipinski definition) is 7. The molecule has 0 aromatic rings. The molecule has 0 aliphatic carbocycles. The molecule has 9 nitrogen and oxygen atoms in total. The molecule has 5 atom stereocenters. The maximum absolute atomic E-state index is 12.1. The Morgan fingerprint density at radius 3 is 2.59 bits per heavy atom. The first-order chi connectivity index (χ1) is 12.5. The maximum atomic E-state index is 12.1. The number of rotatable bonds is 7. The molecular formula is C17H27N2O7P. The van der Waals surface area contributed by atoms with Crippen LogP contribution in [0, 0.1) is 0 Å². The van der Waals surface area contributed by atoms with Crippen molar-refractivity contribution in [1.82, 2.24) is 10.2 Å². The third-order valence-corrected chi connectivity index (χ3v) is 5.02. The highest BCUT2D eigenvalue weighted by Gasteiger charge is 2.47. The van der Waals surface area contributed by atoms with Crippen molar-refractivity contribution >= 4 is 13.5 Å². The lowest BCUT2D eigenvalue weighted by Crippen LogP contribution is -2.47. The van der Waals surface area contributed by atoms with Crippen LogP contribution in [0.4, 0.5) is 0 Å². The average Bonchev–Trinajstić information content (AvgIpc) is 2.80. The van der Waals surface area contributed by atoms with Gasteiger partial charge in [-0.1, -0.05) is 6.58 Å². The summed E-state index contributed by atoms with van der Waals surface area (Å²) in [6.07, 6.45) is -0.131. The van der Waals surface area contributed by atoms with Gasteiger partial charge in [-0.3, -0.25) is 9.36 Å². The van der Waals surface area contributed by atoms with Crippen LogP contribution in [0.15, 0.2) is 36.6 Å². The number of nitrogens with one attached hydrogen (secondary N) is 1. The lowest BCUT2D eigenvalue weighted by Gasteiger charge is -2.32. The summed E-state index contributed by atoms with van der Waals surface area (Å²) in [7, 11) is -3.95. The summed E-state index contributed by atoms with van der Waals surface area (Å²) in [5.74, 6) is 0.948. The highest BCUT2D eigenvalue weighted by molar-refractivity contribution is 7.56. The van der Waals surface area contributed by atoms with Crippen molar-refractivity contribution in [2.75, 3.05) is 0 Å². The number of ether oxygens (including phenoxy) is 2. The molecule has 0 aromatic heterocycles. The smallest absolute Gasteiger partial charge is 0.351 e. The molecule has 3 N–H and O–H groups in total. The third-order valence-electron chi connectivity index (χ3n) is 3.74. The Labute approximate surface area is 158 Å². The molecule has 2 rings (SSSR count). The summed E-state index contributed by atoms with van der Waals surface area (Å²) in [5.41, 5.74) is 0. The zero-order valence-corrected chi connectivity index (χ0v) is 16.7. The highest BCUT2D eigenvalue weighted by Crippen LogP contribution is 2.45. The second-order valence-corrected chi connectivity index (χ2v) is 8.49. The molecule has 2 heterocycles. The van der Waals surface area contributed by atoms with E-state index in [9.17, 15) is 19.4 Å². The molecule has 0 aromatic carbocycles. The summed E-state index contributed by atoms with van der Waals surface area (Å²) >= 11 is 0. The lowest BCUT2D eigenvalue weighted by atomic mass is 10.1. The second kappa shape index (κ2) is 8.68. The largest absolute Gasteiger partial charge is 0.386 e. The summed E-state index contributed by atoms with van der Waals surface area (Å²) in [5, 5.41) is 13.2. The molecule has 1 fully saturated rings. The van der Waals surface area contributed by atoms with Gasteiger partial charge < -0.3 is 34.2 Å². The Morgan fingerprint density at radius 2 is 2.04 bits per heavy atom. The van der Waals surface area contributed by atoms with Crippen molar-refractivity contribution in [3.63, 3.8) is 0 Å². The fourth-order valence-corrected chi connectivity index (χ4v) is 3.85. The molecule has 27 heavy (non-hydrogen) atoms. The summed E-state index contributed by atoms with van der Waals surface area (Å²) in [4.78, 5) is 22.7. The fraction of sp³-hybridized carbons (Fsp3) is 0.588. The van der Waals surface area contributed by atoms with Gasteiger partial charge in [-0.25, -0.2) is 0 Å². The Bertz CT molecular complexity index is 676. The van der Waals surface area contributed by atoms with E-state index in [1.54, 1.807) is 27.7 Å². The van der Waals surface area contributed by atoms with E-state index >= 15 is 0 Å². The Morgan fingerprint density at radius 1 is 1.37 bits per heavy atom. The number of hydrogen-bond donors (Lipinski definition) is 3. The van der Waals surface area contributed by atoms with Gasteiger partial charge in [0.05, 0.1) is 12.2 Å². The van der Waals surface area contributed by atoms with Gasteiger partial charge in [0.25, 0.3) is 5.91 Å². The first-order valence-corrected chi connectivity index (χ1v) is 10.3. The van der Waals surface area contributed by atoms with Crippen molar-refractivity contribution < 1.29 is 33.4 Å². The summed E-state index contributed by atoms with van der Waals surface area (Å²) in [6, 6.07) is 0. The molecule has 1 amide bonds. The predicted molar refractivity (Wildman–Crippen MR) is 98.1 cm³/mol. The zero-order chi connectivity index (χ0) is 20.4. The molecule has 1 saturated heterocycles. The van der Waals surface area contributed by atoms with Crippen LogP contribution in [0.3, 0.4) is 0 Å². The molecule has 0 radical (unpaired) electrons. The minimum Gasteiger partial charge on any atom is -0.386 e. The molecule has 0 saturated carbocycles. The Hall–Kier alpha value is -1.48. The summed E-state index contributed by atoms with van der Waals surface area (Å²) < 4.78 is 28.7. The minimum absolute atomic E-state index is 0.212. The molecule has 152 valence electrons. The Kier molecular flexibility index (Phi) is 7.02. The van der Waals surface area contributed by atoms with Crippen LogP contribution < -0.4 is 5.32 Å². The monoisotopic (exact) mass is 402 g/mol. The van der Waals surface area contributed by atoms with Gasteiger partial charge in [-0.2, -0.15) is 0 Å². The SMILES string of the molecule is C=C1NC(=O)C=CN1[C@@H]1O[C@H](/C=C/P(=O)(O)OC(C)C)C(OC(C)C)[C@@H]1O. The molecule has 10 heteroatoms. The van der Waals surface area contributed by atoms with Gasteiger partial charge in [0.2, 0.25) is 0 Å². The highest BCUT2D eigenvalue weighted by atomic mass is 31.2. The van der Waals surface area contributed by atoms with E-state index in [1.807, 2.05) is 0 Å². The quantitative estimate of drug-likeness (QED) is 0.547. The first kappa shape index (κ1) is 21.8. The van der Waals surface area contributed by atoms with E-state index < -0.39 is 38.2 Å². The molecule has 2 aliphatic rings. The fourth-order valence-electron chi connectivity index (χ4n) is 2.79. The van der Waals surface area contributed by atoms with Gasteiger partial charge >= 0.3 is 7.60 Å². The third kappa shape index (κ3) is 5.75. The standard InChI is InChI=1S/C17H27N2O7P/c1-10(2)24-16-13(7-9-27(22,23)26-11(3)4)25-17(15(16)21)19-8-6-14(20)18-12(19)5/h6-11,13,15-17,21H,5H2,1-4H3,(H,18,20)(H,22,23)/b9-7+/t13-,15+,16?,17-/m1/s1. The molecule has 2 unspecified atom stereocenters. The van der Waals surface area contributed by atoms with Gasteiger partial charge in [-0.15, -0.1) is 0 Å². The van der Waals surface area contributed by atoms with Gasteiger partial charge in [0.15, 0.2) is 6.23 Å². The van der Waals surface area contributed by atoms with Crippen molar-refractivity contribution in [2.45, 2.75) is 64.4 Å². The number of aliphatic hydroxyl groups excluding tert-OH is 1. The number of nitrogens with zero attached hydrogens (tertiary/aromatic N) is 1. The predicted octanol–water partition coefficient (Wildman–Crippen LogP) is 1.41. The van der Waals surface area contributed by atoms with Gasteiger partial charge in [0, 0.05) is 18.1 Å². The summed E-state index contributed by atoms with van der Waals surface area (Å²) in [6.45, 7) is 10.6.